The van der Waals surface area contributed by atoms with Crippen molar-refractivity contribution in [2.24, 2.45) is 0 Å². The van der Waals surface area contributed by atoms with Crippen LogP contribution in [0.25, 0.3) is 5.57 Å². The fourth-order valence-corrected chi connectivity index (χ4v) is 1.43. The number of nitrogens with one attached hydrogen (secondary N) is 1. The van der Waals surface area contributed by atoms with Gasteiger partial charge in [-0.1, -0.05) is 6.08 Å². The van der Waals surface area contributed by atoms with E-state index in [4.69, 9.17) is 5.73 Å². The summed E-state index contributed by atoms with van der Waals surface area (Å²) >= 11 is 0. The Balaban J connectivity index is 2.24. The van der Waals surface area contributed by atoms with E-state index >= 15 is 0 Å². The molecule has 0 bridgehead atoms. The van der Waals surface area contributed by atoms with Gasteiger partial charge in [0.05, 0.1) is 17.6 Å². The van der Waals surface area contributed by atoms with E-state index in [0.717, 1.165) is 25.2 Å². The van der Waals surface area contributed by atoms with Crippen molar-refractivity contribution in [1.29, 1.82) is 0 Å². The second-order valence-corrected chi connectivity index (χ2v) is 3.17. The molecule has 0 spiro atoms. The van der Waals surface area contributed by atoms with Gasteiger partial charge in [0, 0.05) is 6.54 Å². The maximum absolute atomic E-state index is 5.56. The number of rotatable bonds is 1. The predicted octanol–water partition coefficient (Wildman–Crippen LogP) is 1.04. The van der Waals surface area contributed by atoms with Gasteiger partial charge in [-0.2, -0.15) is 0 Å². The highest BCUT2D eigenvalue weighted by Crippen LogP contribution is 2.14. The van der Waals surface area contributed by atoms with Crippen molar-refractivity contribution in [1.82, 2.24) is 10.3 Å². The highest BCUT2D eigenvalue weighted by atomic mass is 14.9. The average Bonchev–Trinajstić information content (AvgIpc) is 2.20. The molecule has 1 aliphatic rings. The van der Waals surface area contributed by atoms with Crippen molar-refractivity contribution >= 4 is 11.3 Å². The molecule has 3 nitrogen and oxygen atoms in total. The molecule has 0 saturated heterocycles. The Labute approximate surface area is 77.7 Å². The zero-order valence-electron chi connectivity index (χ0n) is 7.46. The van der Waals surface area contributed by atoms with Crippen LogP contribution in [0.15, 0.2) is 24.4 Å². The first kappa shape index (κ1) is 8.26. The predicted molar refractivity (Wildman–Crippen MR) is 54.1 cm³/mol. The Morgan fingerprint density at radius 3 is 2.92 bits per heavy atom. The van der Waals surface area contributed by atoms with E-state index in [1.165, 1.54) is 5.57 Å². The van der Waals surface area contributed by atoms with Crippen LogP contribution in [-0.2, 0) is 0 Å². The zero-order chi connectivity index (χ0) is 9.10. The van der Waals surface area contributed by atoms with Crippen molar-refractivity contribution < 1.29 is 0 Å². The summed E-state index contributed by atoms with van der Waals surface area (Å²) in [6, 6.07) is 3.85. The molecule has 68 valence electrons. The van der Waals surface area contributed by atoms with Crippen LogP contribution in [-0.4, -0.2) is 18.1 Å². The van der Waals surface area contributed by atoms with E-state index in [1.807, 2.05) is 12.1 Å². The maximum atomic E-state index is 5.56. The second kappa shape index (κ2) is 3.58. The minimum absolute atomic E-state index is 0.716. The van der Waals surface area contributed by atoms with Crippen LogP contribution in [0, 0.1) is 0 Å². The van der Waals surface area contributed by atoms with Gasteiger partial charge in [-0.15, -0.1) is 0 Å². The lowest BCUT2D eigenvalue weighted by atomic mass is 10.1. The summed E-state index contributed by atoms with van der Waals surface area (Å²) in [6.45, 7) is 1.98. The standard InChI is InChI=1S/C10H13N3/c11-9-3-4-10(13-7-9)8-2-1-5-12-6-8/h2-4,7,12H,1,5-6,11H2. The Morgan fingerprint density at radius 1 is 1.38 bits per heavy atom. The van der Waals surface area contributed by atoms with Gasteiger partial charge in [-0.25, -0.2) is 0 Å². The quantitative estimate of drug-likeness (QED) is 0.670. The van der Waals surface area contributed by atoms with E-state index in [1.54, 1.807) is 6.20 Å². The molecule has 3 heteroatoms. The van der Waals surface area contributed by atoms with Gasteiger partial charge in [0.2, 0.25) is 0 Å². The first-order chi connectivity index (χ1) is 6.36. The van der Waals surface area contributed by atoms with Crippen LogP contribution in [0.4, 0.5) is 5.69 Å². The van der Waals surface area contributed by atoms with Crippen molar-refractivity contribution in [2.45, 2.75) is 6.42 Å². The minimum Gasteiger partial charge on any atom is -0.397 e. The van der Waals surface area contributed by atoms with E-state index in [-0.39, 0.29) is 0 Å². The molecule has 0 unspecified atom stereocenters. The molecule has 0 atom stereocenters. The van der Waals surface area contributed by atoms with E-state index in [2.05, 4.69) is 16.4 Å². The Bertz CT molecular complexity index is 313. The number of nitrogens with two attached hydrogens (primary N) is 1. The Morgan fingerprint density at radius 2 is 2.31 bits per heavy atom. The van der Waals surface area contributed by atoms with Gasteiger partial charge in [0.1, 0.15) is 0 Å². The monoisotopic (exact) mass is 175 g/mol. The molecule has 1 aromatic heterocycles. The van der Waals surface area contributed by atoms with Crippen LogP contribution in [0.2, 0.25) is 0 Å². The van der Waals surface area contributed by atoms with Crippen molar-refractivity contribution in [3.8, 4) is 0 Å². The Hall–Kier alpha value is -1.35. The number of aromatic nitrogens is 1. The lowest BCUT2D eigenvalue weighted by Crippen LogP contribution is -2.21. The molecule has 2 rings (SSSR count). The smallest absolute Gasteiger partial charge is 0.0673 e. The highest BCUT2D eigenvalue weighted by Gasteiger charge is 2.05. The third-order valence-corrected chi connectivity index (χ3v) is 2.14. The van der Waals surface area contributed by atoms with Gasteiger partial charge in [-0.3, -0.25) is 4.98 Å². The van der Waals surface area contributed by atoms with Crippen LogP contribution in [0.5, 0.6) is 0 Å². The average molecular weight is 175 g/mol. The first-order valence-corrected chi connectivity index (χ1v) is 4.48. The van der Waals surface area contributed by atoms with Crippen molar-refractivity contribution in [2.75, 3.05) is 18.8 Å². The number of hydrogen-bond acceptors (Lipinski definition) is 3. The molecule has 0 amide bonds. The van der Waals surface area contributed by atoms with Gasteiger partial charge in [0.25, 0.3) is 0 Å². The molecule has 0 saturated carbocycles. The summed E-state index contributed by atoms with van der Waals surface area (Å²) < 4.78 is 0. The summed E-state index contributed by atoms with van der Waals surface area (Å²) in [6.07, 6.45) is 5.02. The lowest BCUT2D eigenvalue weighted by molar-refractivity contribution is 0.737. The summed E-state index contributed by atoms with van der Waals surface area (Å²) in [4.78, 5) is 4.27. The third kappa shape index (κ3) is 1.87. The molecule has 2 heterocycles. The molecular weight excluding hydrogens is 162 g/mol. The molecule has 0 aromatic carbocycles. The third-order valence-electron chi connectivity index (χ3n) is 2.14. The van der Waals surface area contributed by atoms with Crippen LogP contribution in [0.1, 0.15) is 12.1 Å². The number of pyridine rings is 1. The van der Waals surface area contributed by atoms with Gasteiger partial charge < -0.3 is 11.1 Å². The van der Waals surface area contributed by atoms with Crippen molar-refractivity contribution in [3.63, 3.8) is 0 Å². The molecule has 13 heavy (non-hydrogen) atoms. The molecule has 0 aliphatic carbocycles. The molecule has 1 aromatic rings. The lowest BCUT2D eigenvalue weighted by Gasteiger charge is -2.13. The Kier molecular flexibility index (Phi) is 2.27. The topological polar surface area (TPSA) is 50.9 Å². The van der Waals surface area contributed by atoms with Gasteiger partial charge in [-0.05, 0) is 30.7 Å². The van der Waals surface area contributed by atoms with Crippen LogP contribution < -0.4 is 11.1 Å². The number of nitrogen functional groups attached to an aromatic ring is 1. The van der Waals surface area contributed by atoms with Crippen LogP contribution in [0.3, 0.4) is 0 Å². The molecule has 1 aliphatic heterocycles. The normalized spacial score (nSPS) is 16.8. The summed E-state index contributed by atoms with van der Waals surface area (Å²) in [5.74, 6) is 0. The van der Waals surface area contributed by atoms with Crippen LogP contribution >= 0.6 is 0 Å². The molecule has 0 fully saturated rings. The minimum atomic E-state index is 0.716. The summed E-state index contributed by atoms with van der Waals surface area (Å²) in [5.41, 5.74) is 8.57. The SMILES string of the molecule is Nc1ccc(C2=CCCNC2)nc1. The highest BCUT2D eigenvalue weighted by molar-refractivity contribution is 5.65. The molecular formula is C10H13N3. The first-order valence-electron chi connectivity index (χ1n) is 4.48. The largest absolute Gasteiger partial charge is 0.397 e. The van der Waals surface area contributed by atoms with E-state index in [0.29, 0.717) is 5.69 Å². The molecule has 3 N–H and O–H groups in total. The fraction of sp³-hybridized carbons (Fsp3) is 0.300. The van der Waals surface area contributed by atoms with Gasteiger partial charge >= 0.3 is 0 Å². The zero-order valence-corrected chi connectivity index (χ0v) is 7.46. The van der Waals surface area contributed by atoms with E-state index < -0.39 is 0 Å². The fourth-order valence-electron chi connectivity index (χ4n) is 1.43. The number of nitrogens with zero attached hydrogens (tertiary/aromatic N) is 1. The number of hydrogen-bond donors (Lipinski definition) is 2. The van der Waals surface area contributed by atoms with E-state index in [9.17, 15) is 0 Å². The van der Waals surface area contributed by atoms with Gasteiger partial charge in [0.15, 0.2) is 0 Å². The molecule has 0 radical (unpaired) electrons. The second-order valence-electron chi connectivity index (χ2n) is 3.17. The van der Waals surface area contributed by atoms with Crippen molar-refractivity contribution in [3.05, 3.63) is 30.1 Å². The summed E-state index contributed by atoms with van der Waals surface area (Å²) in [5, 5.41) is 3.31. The maximum Gasteiger partial charge on any atom is 0.0673 e. The number of anilines is 1. The summed E-state index contributed by atoms with van der Waals surface area (Å²) in [7, 11) is 0.